The average Bonchev–Trinajstić information content (AvgIpc) is 2.77. The van der Waals surface area contributed by atoms with E-state index in [1.165, 1.54) is 31.4 Å². The number of rotatable bonds is 4. The summed E-state index contributed by atoms with van der Waals surface area (Å²) in [7, 11) is 0. The molecule has 0 aromatic carbocycles. The Balaban J connectivity index is 1.96. The summed E-state index contributed by atoms with van der Waals surface area (Å²) in [6.07, 6.45) is 7.98. The van der Waals surface area contributed by atoms with Gasteiger partial charge in [0.25, 0.3) is 0 Å². The van der Waals surface area contributed by atoms with Crippen molar-refractivity contribution in [2.75, 3.05) is 12.4 Å². The molecule has 2 heterocycles. The number of nitrogens with zero attached hydrogens (tertiary/aromatic N) is 3. The van der Waals surface area contributed by atoms with Crippen LogP contribution in [0.5, 0.6) is 0 Å². The lowest BCUT2D eigenvalue weighted by Gasteiger charge is -2.34. The molecule has 1 aliphatic rings. The van der Waals surface area contributed by atoms with Crippen LogP contribution in [-0.2, 0) is 13.1 Å². The third kappa shape index (κ3) is 2.77. The molecule has 90 valence electrons. The van der Waals surface area contributed by atoms with Crippen LogP contribution in [-0.4, -0.2) is 33.1 Å². The second-order valence-electron chi connectivity index (χ2n) is 4.48. The van der Waals surface area contributed by atoms with E-state index in [0.717, 1.165) is 19.0 Å². The molecule has 2 rings (SSSR count). The Morgan fingerprint density at radius 1 is 1.50 bits per heavy atom. The summed E-state index contributed by atoms with van der Waals surface area (Å²) in [6, 6.07) is 0.556. The number of likely N-dealkylation sites (tertiary alicyclic amines) is 1. The van der Waals surface area contributed by atoms with E-state index in [-0.39, 0.29) is 0 Å². The highest BCUT2D eigenvalue weighted by atomic mass is 35.5. The maximum atomic E-state index is 6.01. The molecule has 3 nitrogen and oxygen atoms in total. The third-order valence-electron chi connectivity index (χ3n) is 3.32. The van der Waals surface area contributed by atoms with Gasteiger partial charge in [0.2, 0.25) is 0 Å². The quantitative estimate of drug-likeness (QED) is 0.756. The van der Waals surface area contributed by atoms with Crippen molar-refractivity contribution in [3.63, 3.8) is 0 Å². The Kier molecular flexibility index (Phi) is 4.24. The van der Waals surface area contributed by atoms with Crippen molar-refractivity contribution in [2.24, 2.45) is 0 Å². The van der Waals surface area contributed by atoms with E-state index in [4.69, 9.17) is 11.6 Å². The normalized spacial score (nSPS) is 22.5. The van der Waals surface area contributed by atoms with Gasteiger partial charge in [0.1, 0.15) is 0 Å². The van der Waals surface area contributed by atoms with Crippen LogP contribution in [0, 0.1) is 0 Å². The molecule has 0 N–H and O–H groups in total. The predicted molar refractivity (Wildman–Crippen MR) is 66.7 cm³/mol. The summed E-state index contributed by atoms with van der Waals surface area (Å²) in [5.74, 6) is 0.752. The van der Waals surface area contributed by atoms with Gasteiger partial charge in [-0.25, -0.2) is 0 Å². The highest BCUT2D eigenvalue weighted by Crippen LogP contribution is 2.20. The molecule has 16 heavy (non-hydrogen) atoms. The zero-order chi connectivity index (χ0) is 11.4. The van der Waals surface area contributed by atoms with Crippen LogP contribution in [0.3, 0.4) is 0 Å². The minimum absolute atomic E-state index is 0.556. The largest absolute Gasteiger partial charge is 0.295 e. The van der Waals surface area contributed by atoms with E-state index >= 15 is 0 Å². The molecule has 1 fully saturated rings. The average molecular weight is 242 g/mol. The summed E-state index contributed by atoms with van der Waals surface area (Å²) in [5.41, 5.74) is 1.30. The monoisotopic (exact) mass is 241 g/mol. The van der Waals surface area contributed by atoms with Crippen molar-refractivity contribution in [2.45, 2.75) is 45.3 Å². The van der Waals surface area contributed by atoms with E-state index in [0.29, 0.717) is 6.04 Å². The maximum Gasteiger partial charge on any atom is 0.0534 e. The molecular weight excluding hydrogens is 222 g/mol. The van der Waals surface area contributed by atoms with Gasteiger partial charge in [0.05, 0.1) is 6.20 Å². The van der Waals surface area contributed by atoms with Crippen LogP contribution < -0.4 is 0 Å². The number of hydrogen-bond acceptors (Lipinski definition) is 2. The summed E-state index contributed by atoms with van der Waals surface area (Å²) in [4.78, 5) is 2.49. The summed E-state index contributed by atoms with van der Waals surface area (Å²) < 4.78 is 1.98. The fourth-order valence-corrected chi connectivity index (χ4v) is 2.69. The predicted octanol–water partition coefficient (Wildman–Crippen LogP) is 2.50. The molecule has 0 radical (unpaired) electrons. The smallest absolute Gasteiger partial charge is 0.0534 e. The minimum atomic E-state index is 0.556. The Morgan fingerprint density at radius 3 is 3.06 bits per heavy atom. The van der Waals surface area contributed by atoms with Crippen molar-refractivity contribution in [3.8, 4) is 0 Å². The van der Waals surface area contributed by atoms with Crippen molar-refractivity contribution in [1.82, 2.24) is 14.7 Å². The molecule has 0 aliphatic carbocycles. The fourth-order valence-electron chi connectivity index (χ4n) is 2.34. The van der Waals surface area contributed by atoms with Gasteiger partial charge in [-0.15, -0.1) is 11.6 Å². The summed E-state index contributed by atoms with van der Waals surface area (Å²) >= 11 is 6.01. The molecule has 1 aromatic heterocycles. The van der Waals surface area contributed by atoms with Crippen molar-refractivity contribution in [1.29, 1.82) is 0 Å². The number of aromatic nitrogens is 2. The fraction of sp³-hybridized carbons (Fsp3) is 0.750. The Hall–Kier alpha value is -0.540. The molecule has 0 saturated carbocycles. The molecule has 1 atom stereocenters. The summed E-state index contributed by atoms with van der Waals surface area (Å²) in [6.45, 7) is 5.23. The van der Waals surface area contributed by atoms with E-state index in [2.05, 4.69) is 23.1 Å². The first kappa shape index (κ1) is 11.9. The third-order valence-corrected chi connectivity index (χ3v) is 3.68. The van der Waals surface area contributed by atoms with Gasteiger partial charge in [-0.2, -0.15) is 5.10 Å². The molecular formula is C12H20ClN3. The SMILES string of the molecule is CCn1cc(CN2CCCCC2CCl)cn1. The van der Waals surface area contributed by atoms with Gasteiger partial charge in [-0.3, -0.25) is 9.58 Å². The van der Waals surface area contributed by atoms with Crippen LogP contribution in [0.15, 0.2) is 12.4 Å². The first-order valence-electron chi connectivity index (χ1n) is 6.15. The number of halogens is 1. The lowest BCUT2D eigenvalue weighted by molar-refractivity contribution is 0.155. The number of aryl methyl sites for hydroxylation is 1. The minimum Gasteiger partial charge on any atom is -0.295 e. The number of piperidine rings is 1. The first-order valence-corrected chi connectivity index (χ1v) is 6.68. The Bertz CT molecular complexity index is 324. The molecule has 1 aliphatic heterocycles. The topological polar surface area (TPSA) is 21.1 Å². The second-order valence-corrected chi connectivity index (χ2v) is 4.79. The standard InChI is InChI=1S/C12H20ClN3/c1-2-16-10-11(8-14-16)9-15-6-4-3-5-12(15)7-13/h8,10,12H,2-7,9H2,1H3. The zero-order valence-electron chi connectivity index (χ0n) is 9.90. The molecule has 0 amide bonds. The lowest BCUT2D eigenvalue weighted by Crippen LogP contribution is -2.39. The highest BCUT2D eigenvalue weighted by molar-refractivity contribution is 6.18. The van der Waals surface area contributed by atoms with Crippen LogP contribution in [0.4, 0.5) is 0 Å². The van der Waals surface area contributed by atoms with E-state index in [9.17, 15) is 0 Å². The van der Waals surface area contributed by atoms with Gasteiger partial charge in [-0.05, 0) is 26.3 Å². The van der Waals surface area contributed by atoms with Crippen LogP contribution in [0.25, 0.3) is 0 Å². The molecule has 1 aromatic rings. The second kappa shape index (κ2) is 5.69. The van der Waals surface area contributed by atoms with E-state index in [1.807, 2.05) is 10.9 Å². The van der Waals surface area contributed by atoms with Crippen LogP contribution >= 0.6 is 11.6 Å². The number of alkyl halides is 1. The highest BCUT2D eigenvalue weighted by Gasteiger charge is 2.21. The van der Waals surface area contributed by atoms with Gasteiger partial charge in [-0.1, -0.05) is 6.42 Å². The van der Waals surface area contributed by atoms with Crippen molar-refractivity contribution >= 4 is 11.6 Å². The lowest BCUT2D eigenvalue weighted by atomic mass is 10.0. The van der Waals surface area contributed by atoms with Crippen molar-refractivity contribution in [3.05, 3.63) is 18.0 Å². The van der Waals surface area contributed by atoms with Gasteiger partial charge in [0.15, 0.2) is 0 Å². The molecule has 1 unspecified atom stereocenters. The Morgan fingerprint density at radius 2 is 2.38 bits per heavy atom. The maximum absolute atomic E-state index is 6.01. The molecule has 1 saturated heterocycles. The molecule has 0 bridgehead atoms. The molecule has 4 heteroatoms. The number of hydrogen-bond donors (Lipinski definition) is 0. The van der Waals surface area contributed by atoms with E-state index in [1.54, 1.807) is 0 Å². The van der Waals surface area contributed by atoms with Gasteiger partial charge < -0.3 is 0 Å². The van der Waals surface area contributed by atoms with Crippen LogP contribution in [0.2, 0.25) is 0 Å². The van der Waals surface area contributed by atoms with Crippen molar-refractivity contribution < 1.29 is 0 Å². The van der Waals surface area contributed by atoms with E-state index < -0.39 is 0 Å². The van der Waals surface area contributed by atoms with Gasteiger partial charge >= 0.3 is 0 Å². The Labute approximate surface area is 102 Å². The molecule has 0 spiro atoms. The zero-order valence-corrected chi connectivity index (χ0v) is 10.7. The summed E-state index contributed by atoms with van der Waals surface area (Å²) in [5, 5.41) is 4.31. The van der Waals surface area contributed by atoms with Crippen LogP contribution in [0.1, 0.15) is 31.7 Å². The van der Waals surface area contributed by atoms with Gasteiger partial charge in [0, 0.05) is 36.8 Å². The first-order chi connectivity index (χ1) is 7.83.